The molecule has 4 saturated carbocycles. The van der Waals surface area contributed by atoms with Gasteiger partial charge in [-0.2, -0.15) is 0 Å². The lowest BCUT2D eigenvalue weighted by Gasteiger charge is -2.62. The highest BCUT2D eigenvalue weighted by molar-refractivity contribution is 5.74. The van der Waals surface area contributed by atoms with Gasteiger partial charge in [0.15, 0.2) is 0 Å². The van der Waals surface area contributed by atoms with Crippen LogP contribution < -0.4 is 16.6 Å². The normalized spacial score (nSPS) is 38.8. The molecule has 4 bridgehead atoms. The molecule has 0 radical (unpaired) electrons. The standard InChI is InChI=1S/C18H25N3O/c1-12-2-4-15(5-3-12)17-7-13-6-14(8-17)10-18(9-13,11-17)20-16(22)21-19/h2-5,13-14H,6-11,19H2,1H3,(H2,20,21,22)/t13-,14-,17?,18?/m0/s1. The van der Waals surface area contributed by atoms with E-state index in [4.69, 9.17) is 5.84 Å². The van der Waals surface area contributed by atoms with Crippen LogP contribution in [0.3, 0.4) is 0 Å². The van der Waals surface area contributed by atoms with E-state index in [9.17, 15) is 4.79 Å². The van der Waals surface area contributed by atoms with Crippen molar-refractivity contribution >= 4 is 6.03 Å². The molecule has 2 atom stereocenters. The highest BCUT2D eigenvalue weighted by Crippen LogP contribution is 2.62. The summed E-state index contributed by atoms with van der Waals surface area (Å²) in [7, 11) is 0. The van der Waals surface area contributed by atoms with Gasteiger partial charge < -0.3 is 5.32 Å². The van der Waals surface area contributed by atoms with Gasteiger partial charge in [-0.25, -0.2) is 10.6 Å². The van der Waals surface area contributed by atoms with Crippen molar-refractivity contribution in [3.63, 3.8) is 0 Å². The van der Waals surface area contributed by atoms with Gasteiger partial charge in [0.25, 0.3) is 0 Å². The molecule has 0 aromatic heterocycles. The molecular weight excluding hydrogens is 274 g/mol. The van der Waals surface area contributed by atoms with Gasteiger partial charge in [-0.05, 0) is 68.3 Å². The summed E-state index contributed by atoms with van der Waals surface area (Å²) in [6, 6.07) is 8.82. The van der Waals surface area contributed by atoms with E-state index in [1.54, 1.807) is 0 Å². The molecular formula is C18H25N3O. The van der Waals surface area contributed by atoms with Crippen LogP contribution in [0.25, 0.3) is 0 Å². The summed E-state index contributed by atoms with van der Waals surface area (Å²) in [6.07, 6.45) is 7.18. The molecule has 0 saturated heterocycles. The third-order valence-electron chi connectivity index (χ3n) is 6.23. The first-order chi connectivity index (χ1) is 10.5. The predicted molar refractivity (Wildman–Crippen MR) is 86.1 cm³/mol. The molecule has 5 rings (SSSR count). The van der Waals surface area contributed by atoms with Crippen LogP contribution in [0.4, 0.5) is 4.79 Å². The van der Waals surface area contributed by atoms with Crippen molar-refractivity contribution < 1.29 is 4.79 Å². The monoisotopic (exact) mass is 299 g/mol. The van der Waals surface area contributed by atoms with Crippen LogP contribution in [0.15, 0.2) is 24.3 Å². The van der Waals surface area contributed by atoms with Crippen molar-refractivity contribution in [2.75, 3.05) is 0 Å². The molecule has 4 N–H and O–H groups in total. The van der Waals surface area contributed by atoms with Crippen LogP contribution in [-0.4, -0.2) is 11.6 Å². The van der Waals surface area contributed by atoms with Crippen molar-refractivity contribution in [1.82, 2.24) is 10.7 Å². The molecule has 118 valence electrons. The van der Waals surface area contributed by atoms with Crippen LogP contribution in [-0.2, 0) is 5.41 Å². The maximum absolute atomic E-state index is 11.8. The van der Waals surface area contributed by atoms with Gasteiger partial charge in [0.2, 0.25) is 0 Å². The number of rotatable bonds is 2. The molecule has 4 nitrogen and oxygen atoms in total. The van der Waals surface area contributed by atoms with Gasteiger partial charge in [0.05, 0.1) is 0 Å². The number of hydrogen-bond acceptors (Lipinski definition) is 2. The summed E-state index contributed by atoms with van der Waals surface area (Å²) in [5.41, 5.74) is 5.22. The molecule has 1 aromatic rings. The number of carbonyl (C=O) groups excluding carboxylic acids is 1. The van der Waals surface area contributed by atoms with Gasteiger partial charge in [-0.15, -0.1) is 0 Å². The van der Waals surface area contributed by atoms with E-state index in [2.05, 4.69) is 41.9 Å². The molecule has 4 aliphatic carbocycles. The fourth-order valence-electron chi connectivity index (χ4n) is 5.93. The Kier molecular flexibility index (Phi) is 3.02. The van der Waals surface area contributed by atoms with Crippen molar-refractivity contribution in [3.8, 4) is 0 Å². The Labute approximate surface area is 131 Å². The number of carbonyl (C=O) groups is 1. The maximum atomic E-state index is 11.8. The molecule has 0 heterocycles. The molecule has 4 aliphatic rings. The zero-order chi connectivity index (χ0) is 15.4. The van der Waals surface area contributed by atoms with Gasteiger partial charge in [-0.3, -0.25) is 5.43 Å². The quantitative estimate of drug-likeness (QED) is 0.446. The minimum absolute atomic E-state index is 0.0571. The van der Waals surface area contributed by atoms with Gasteiger partial charge in [0, 0.05) is 5.54 Å². The van der Waals surface area contributed by atoms with E-state index in [1.807, 2.05) is 0 Å². The Balaban J connectivity index is 1.69. The largest absolute Gasteiger partial charge is 0.332 e. The summed E-state index contributed by atoms with van der Waals surface area (Å²) in [5.74, 6) is 6.77. The lowest BCUT2D eigenvalue weighted by Crippen LogP contribution is -2.65. The zero-order valence-corrected chi connectivity index (χ0v) is 13.2. The third kappa shape index (κ3) is 2.12. The fraction of sp³-hybridized carbons (Fsp3) is 0.611. The molecule has 1 aromatic carbocycles. The Morgan fingerprint density at radius 1 is 1.14 bits per heavy atom. The van der Waals surface area contributed by atoms with E-state index in [-0.39, 0.29) is 17.0 Å². The Morgan fingerprint density at radius 2 is 1.77 bits per heavy atom. The average Bonchev–Trinajstić information content (AvgIpc) is 2.45. The van der Waals surface area contributed by atoms with E-state index in [1.165, 1.54) is 30.4 Å². The predicted octanol–water partition coefficient (Wildman–Crippen LogP) is 2.76. The SMILES string of the molecule is Cc1ccc(C23C[C@@H]4C[C@H](CC(NC(=O)NN)(C4)C2)C3)cc1. The summed E-state index contributed by atoms with van der Waals surface area (Å²) >= 11 is 0. The fourth-order valence-corrected chi connectivity index (χ4v) is 5.93. The van der Waals surface area contributed by atoms with Crippen molar-refractivity contribution in [2.45, 2.75) is 56.4 Å². The summed E-state index contributed by atoms with van der Waals surface area (Å²) in [4.78, 5) is 11.8. The molecule has 0 aliphatic heterocycles. The topological polar surface area (TPSA) is 67.2 Å². The van der Waals surface area contributed by atoms with Crippen molar-refractivity contribution in [3.05, 3.63) is 35.4 Å². The van der Waals surface area contributed by atoms with Crippen LogP contribution in [0.5, 0.6) is 0 Å². The van der Waals surface area contributed by atoms with Gasteiger partial charge >= 0.3 is 6.03 Å². The number of urea groups is 1. The molecule has 4 heteroatoms. The van der Waals surface area contributed by atoms with Gasteiger partial charge in [0.1, 0.15) is 0 Å². The smallest absolute Gasteiger partial charge is 0.329 e. The zero-order valence-electron chi connectivity index (χ0n) is 13.2. The first-order valence-electron chi connectivity index (χ1n) is 8.38. The minimum atomic E-state index is -0.235. The lowest BCUT2D eigenvalue weighted by molar-refractivity contribution is -0.0350. The average molecular weight is 299 g/mol. The molecule has 0 spiro atoms. The van der Waals surface area contributed by atoms with E-state index in [0.717, 1.165) is 31.1 Å². The number of aryl methyl sites for hydroxylation is 1. The number of nitrogens with two attached hydrogens (primary N) is 1. The first kappa shape index (κ1) is 14.1. The number of hydrogen-bond donors (Lipinski definition) is 3. The van der Waals surface area contributed by atoms with Crippen LogP contribution in [0.1, 0.15) is 49.7 Å². The van der Waals surface area contributed by atoms with Crippen LogP contribution in [0.2, 0.25) is 0 Å². The third-order valence-corrected chi connectivity index (χ3v) is 6.23. The van der Waals surface area contributed by atoms with Gasteiger partial charge in [-0.1, -0.05) is 29.8 Å². The van der Waals surface area contributed by atoms with Crippen LogP contribution >= 0.6 is 0 Å². The number of hydrazine groups is 1. The number of benzene rings is 1. The Morgan fingerprint density at radius 3 is 2.36 bits per heavy atom. The van der Waals surface area contributed by atoms with E-state index in [0.29, 0.717) is 0 Å². The molecule has 4 fully saturated rings. The van der Waals surface area contributed by atoms with Crippen molar-refractivity contribution in [1.29, 1.82) is 0 Å². The molecule has 22 heavy (non-hydrogen) atoms. The second kappa shape index (κ2) is 4.72. The lowest BCUT2D eigenvalue weighted by atomic mass is 9.45. The van der Waals surface area contributed by atoms with E-state index < -0.39 is 0 Å². The highest BCUT2D eigenvalue weighted by Gasteiger charge is 2.58. The highest BCUT2D eigenvalue weighted by atomic mass is 16.2. The number of nitrogens with one attached hydrogen (secondary N) is 2. The minimum Gasteiger partial charge on any atom is -0.332 e. The molecule has 2 amide bonds. The van der Waals surface area contributed by atoms with E-state index >= 15 is 0 Å². The second-order valence-corrected chi connectivity index (χ2v) is 7.99. The van der Waals surface area contributed by atoms with Crippen molar-refractivity contribution in [2.24, 2.45) is 17.7 Å². The maximum Gasteiger partial charge on any atom is 0.329 e. The molecule has 0 unspecified atom stereocenters. The summed E-state index contributed by atoms with van der Waals surface area (Å²) in [5, 5.41) is 3.21. The summed E-state index contributed by atoms with van der Waals surface area (Å²) < 4.78 is 0. The number of amides is 2. The second-order valence-electron chi connectivity index (χ2n) is 7.99. The van der Waals surface area contributed by atoms with Crippen LogP contribution in [0, 0.1) is 18.8 Å². The summed E-state index contributed by atoms with van der Waals surface area (Å²) in [6.45, 7) is 2.14. The Hall–Kier alpha value is -1.55. The first-order valence-corrected chi connectivity index (χ1v) is 8.38. The Bertz CT molecular complexity index is 581.